The van der Waals surface area contributed by atoms with Crippen molar-refractivity contribution in [3.05, 3.63) is 41.3 Å². The zero-order chi connectivity index (χ0) is 20.7. The Bertz CT molecular complexity index is 914. The summed E-state index contributed by atoms with van der Waals surface area (Å²) in [6, 6.07) is 4.00. The van der Waals surface area contributed by atoms with Crippen LogP contribution in [0.15, 0.2) is 24.5 Å². The van der Waals surface area contributed by atoms with E-state index >= 15 is 0 Å². The largest absolute Gasteiger partial charge is 0.383 e. The number of ether oxygens (including phenoxy) is 2. The van der Waals surface area contributed by atoms with E-state index < -0.39 is 0 Å². The maximum atomic E-state index is 6.07. The third-order valence-corrected chi connectivity index (χ3v) is 6.45. The van der Waals surface area contributed by atoms with Gasteiger partial charge in [0.25, 0.3) is 0 Å². The molecule has 0 saturated carbocycles. The third-order valence-electron chi connectivity index (χ3n) is 6.45. The minimum atomic E-state index is -0.0915. The second-order valence-corrected chi connectivity index (χ2v) is 8.99. The lowest BCUT2D eigenvalue weighted by Gasteiger charge is -2.38. The summed E-state index contributed by atoms with van der Waals surface area (Å²) in [6.07, 6.45) is 5.08. The molecule has 0 amide bonds. The Morgan fingerprint density at radius 1 is 1.23 bits per heavy atom. The molecule has 5 rings (SSSR count). The van der Waals surface area contributed by atoms with E-state index in [2.05, 4.69) is 39.7 Å². The molecule has 2 fully saturated rings. The molecule has 0 aromatic carbocycles. The standard InChI is InChI=1S/C22H30N6O2/c1-15-9-28(10-16(2)30-15)21-25-8-18-12-29-14-22(19(18)26-21)5-7-27(13-22)11-17-4-3-6-24-20(17)23/h3-4,6,8,15-16H,5,7,9-14H2,1-2H3,(H2,23,24)/t15-,16-,22+/m1/s1. The number of nitrogen functional groups attached to an aromatic ring is 1. The summed E-state index contributed by atoms with van der Waals surface area (Å²) in [5, 5.41) is 0. The molecule has 8 heteroatoms. The molecule has 1 spiro atoms. The average Bonchev–Trinajstić information content (AvgIpc) is 3.12. The number of aromatic nitrogens is 3. The Morgan fingerprint density at radius 3 is 2.87 bits per heavy atom. The number of pyridine rings is 1. The number of nitrogens with zero attached hydrogens (tertiary/aromatic N) is 5. The fourth-order valence-electron chi connectivity index (χ4n) is 5.11. The van der Waals surface area contributed by atoms with Gasteiger partial charge in [0.1, 0.15) is 5.82 Å². The van der Waals surface area contributed by atoms with Gasteiger partial charge in [-0.2, -0.15) is 0 Å². The summed E-state index contributed by atoms with van der Waals surface area (Å²) in [4.78, 5) is 18.7. The summed E-state index contributed by atoms with van der Waals surface area (Å²) in [7, 11) is 0. The number of fused-ring (bicyclic) bond motifs is 2. The highest BCUT2D eigenvalue weighted by atomic mass is 16.5. The zero-order valence-corrected chi connectivity index (χ0v) is 17.8. The van der Waals surface area contributed by atoms with Gasteiger partial charge in [0.05, 0.1) is 36.5 Å². The van der Waals surface area contributed by atoms with Crippen molar-refractivity contribution in [3.63, 3.8) is 0 Å². The summed E-state index contributed by atoms with van der Waals surface area (Å²) in [5.41, 5.74) is 9.33. The predicted octanol–water partition coefficient (Wildman–Crippen LogP) is 1.74. The maximum absolute atomic E-state index is 6.07. The topological polar surface area (TPSA) is 89.6 Å². The fraction of sp³-hybridized carbons (Fsp3) is 0.591. The molecule has 3 aliphatic heterocycles. The molecule has 2 aromatic rings. The highest BCUT2D eigenvalue weighted by molar-refractivity contribution is 5.40. The van der Waals surface area contributed by atoms with Gasteiger partial charge in [-0.15, -0.1) is 0 Å². The Morgan fingerprint density at radius 2 is 2.07 bits per heavy atom. The number of morpholine rings is 1. The highest BCUT2D eigenvalue weighted by Crippen LogP contribution is 2.40. The Hall–Kier alpha value is -2.29. The van der Waals surface area contributed by atoms with Crippen molar-refractivity contribution in [2.75, 3.05) is 43.4 Å². The van der Waals surface area contributed by atoms with Crippen molar-refractivity contribution in [2.45, 2.75) is 51.0 Å². The van der Waals surface area contributed by atoms with Crippen LogP contribution in [0.3, 0.4) is 0 Å². The molecule has 3 aliphatic rings. The van der Waals surface area contributed by atoms with Crippen LogP contribution in [-0.2, 0) is 28.0 Å². The zero-order valence-electron chi connectivity index (χ0n) is 17.8. The van der Waals surface area contributed by atoms with Gasteiger partial charge in [0.15, 0.2) is 0 Å². The monoisotopic (exact) mass is 410 g/mol. The highest BCUT2D eigenvalue weighted by Gasteiger charge is 2.45. The molecule has 8 nitrogen and oxygen atoms in total. The van der Waals surface area contributed by atoms with Crippen LogP contribution >= 0.6 is 0 Å². The van der Waals surface area contributed by atoms with E-state index in [9.17, 15) is 0 Å². The molecule has 0 radical (unpaired) electrons. The second kappa shape index (κ2) is 7.76. The van der Waals surface area contributed by atoms with E-state index in [0.717, 1.165) is 61.9 Å². The summed E-state index contributed by atoms with van der Waals surface area (Å²) in [6.45, 7) is 9.83. The van der Waals surface area contributed by atoms with E-state index in [1.54, 1.807) is 6.20 Å². The van der Waals surface area contributed by atoms with Gasteiger partial charge in [-0.1, -0.05) is 6.07 Å². The number of nitrogens with two attached hydrogens (primary N) is 1. The van der Waals surface area contributed by atoms with Crippen LogP contribution in [0.4, 0.5) is 11.8 Å². The molecular weight excluding hydrogens is 380 g/mol. The molecule has 2 saturated heterocycles. The third kappa shape index (κ3) is 3.64. The van der Waals surface area contributed by atoms with E-state index in [1.807, 2.05) is 12.3 Å². The van der Waals surface area contributed by atoms with Crippen LogP contribution < -0.4 is 10.6 Å². The molecule has 0 aliphatic carbocycles. The van der Waals surface area contributed by atoms with E-state index in [4.69, 9.17) is 20.2 Å². The second-order valence-electron chi connectivity index (χ2n) is 8.99. The number of anilines is 2. The van der Waals surface area contributed by atoms with Crippen molar-refractivity contribution in [2.24, 2.45) is 0 Å². The molecular formula is C22H30N6O2. The van der Waals surface area contributed by atoms with Crippen LogP contribution in [0.1, 0.15) is 37.1 Å². The normalized spacial score (nSPS) is 29.3. The van der Waals surface area contributed by atoms with Gasteiger partial charge >= 0.3 is 0 Å². The molecule has 2 N–H and O–H groups in total. The van der Waals surface area contributed by atoms with Crippen LogP contribution in [0.25, 0.3) is 0 Å². The summed E-state index contributed by atoms with van der Waals surface area (Å²) in [5.74, 6) is 1.42. The van der Waals surface area contributed by atoms with Gasteiger partial charge in [-0.05, 0) is 32.9 Å². The fourth-order valence-corrected chi connectivity index (χ4v) is 5.11. The van der Waals surface area contributed by atoms with Crippen LogP contribution in [0.5, 0.6) is 0 Å². The van der Waals surface area contributed by atoms with Gasteiger partial charge in [-0.25, -0.2) is 15.0 Å². The average molecular weight is 411 g/mol. The number of hydrogen-bond acceptors (Lipinski definition) is 8. The van der Waals surface area contributed by atoms with Crippen molar-refractivity contribution in [3.8, 4) is 0 Å². The first kappa shape index (κ1) is 19.7. The maximum Gasteiger partial charge on any atom is 0.225 e. The summed E-state index contributed by atoms with van der Waals surface area (Å²) >= 11 is 0. The number of likely N-dealkylation sites (tertiary alicyclic amines) is 1. The molecule has 2 aromatic heterocycles. The summed E-state index contributed by atoms with van der Waals surface area (Å²) < 4.78 is 11.9. The van der Waals surface area contributed by atoms with Crippen LogP contribution in [-0.4, -0.2) is 64.8 Å². The van der Waals surface area contributed by atoms with Crippen molar-refractivity contribution >= 4 is 11.8 Å². The first-order valence-electron chi connectivity index (χ1n) is 10.8. The van der Waals surface area contributed by atoms with E-state index in [0.29, 0.717) is 19.0 Å². The minimum absolute atomic E-state index is 0.0915. The Balaban J connectivity index is 1.40. The van der Waals surface area contributed by atoms with Crippen LogP contribution in [0.2, 0.25) is 0 Å². The van der Waals surface area contributed by atoms with Gasteiger partial charge in [-0.3, -0.25) is 4.90 Å². The van der Waals surface area contributed by atoms with Crippen LogP contribution in [0, 0.1) is 0 Å². The molecule has 30 heavy (non-hydrogen) atoms. The SMILES string of the molecule is C[C@@H]1CN(c2ncc3c(n2)[C@]2(CCN(Cc4cccnc4N)C2)COC3)C[C@@H](C)O1. The smallest absolute Gasteiger partial charge is 0.225 e. The van der Waals surface area contributed by atoms with Crippen molar-refractivity contribution in [1.29, 1.82) is 0 Å². The van der Waals surface area contributed by atoms with Crippen molar-refractivity contribution < 1.29 is 9.47 Å². The lowest BCUT2D eigenvalue weighted by Crippen LogP contribution is -2.47. The molecule has 160 valence electrons. The Labute approximate surface area is 177 Å². The molecule has 3 atom stereocenters. The lowest BCUT2D eigenvalue weighted by molar-refractivity contribution is -0.00584. The molecule has 0 bridgehead atoms. The quantitative estimate of drug-likeness (QED) is 0.819. The minimum Gasteiger partial charge on any atom is -0.383 e. The van der Waals surface area contributed by atoms with Gasteiger partial charge in [0, 0.05) is 49.7 Å². The van der Waals surface area contributed by atoms with Crippen molar-refractivity contribution in [1.82, 2.24) is 19.9 Å². The van der Waals surface area contributed by atoms with Gasteiger partial charge < -0.3 is 20.1 Å². The molecule has 0 unspecified atom stereocenters. The van der Waals surface area contributed by atoms with Gasteiger partial charge in [0.2, 0.25) is 5.95 Å². The first-order valence-corrected chi connectivity index (χ1v) is 10.8. The van der Waals surface area contributed by atoms with E-state index in [-0.39, 0.29) is 17.6 Å². The number of hydrogen-bond donors (Lipinski definition) is 1. The predicted molar refractivity (Wildman–Crippen MR) is 114 cm³/mol. The molecule has 5 heterocycles. The Kier molecular flexibility index (Phi) is 5.08. The number of rotatable bonds is 3. The van der Waals surface area contributed by atoms with E-state index in [1.165, 1.54) is 0 Å². The lowest BCUT2D eigenvalue weighted by atomic mass is 9.80. The first-order chi connectivity index (χ1) is 14.5.